The van der Waals surface area contributed by atoms with Crippen molar-refractivity contribution in [3.05, 3.63) is 48.0 Å². The van der Waals surface area contributed by atoms with E-state index in [9.17, 15) is 0 Å². The van der Waals surface area contributed by atoms with E-state index < -0.39 is 0 Å². The van der Waals surface area contributed by atoms with Crippen LogP contribution in [0.3, 0.4) is 0 Å². The second kappa shape index (κ2) is 4.50. The largest absolute Gasteiger partial charge is 0.313 e. The smallest absolute Gasteiger partial charge is 0.00684 e. The molecule has 1 N–H and O–H groups in total. The maximum absolute atomic E-state index is 3.62. The molecule has 0 spiro atoms. The molecule has 88 valence electrons. The van der Waals surface area contributed by atoms with Gasteiger partial charge < -0.3 is 5.32 Å². The molecule has 0 heterocycles. The molecular weight excluding hydrogens is 206 g/mol. The molecule has 2 aromatic rings. The first-order chi connectivity index (χ1) is 8.34. The summed E-state index contributed by atoms with van der Waals surface area (Å²) in [6, 6.07) is 16.1. The Labute approximate surface area is 103 Å². The van der Waals surface area contributed by atoms with Gasteiger partial charge >= 0.3 is 0 Å². The lowest BCUT2D eigenvalue weighted by molar-refractivity contribution is 0.614. The van der Waals surface area contributed by atoms with Gasteiger partial charge in [0.25, 0.3) is 0 Å². The molecule has 1 saturated carbocycles. The Balaban J connectivity index is 1.87. The highest BCUT2D eigenvalue weighted by Gasteiger charge is 2.21. The topological polar surface area (TPSA) is 12.0 Å². The van der Waals surface area contributed by atoms with Crippen molar-refractivity contribution in [1.82, 2.24) is 5.32 Å². The summed E-state index contributed by atoms with van der Waals surface area (Å²) in [6.45, 7) is 3.41. The zero-order chi connectivity index (χ0) is 11.7. The van der Waals surface area contributed by atoms with Crippen molar-refractivity contribution < 1.29 is 0 Å². The van der Waals surface area contributed by atoms with Crippen molar-refractivity contribution in [3.63, 3.8) is 0 Å². The van der Waals surface area contributed by atoms with Crippen LogP contribution in [0.15, 0.2) is 42.5 Å². The van der Waals surface area contributed by atoms with Gasteiger partial charge in [0.05, 0.1) is 0 Å². The second-order valence-corrected chi connectivity index (χ2v) is 5.15. The molecular formula is C16H19N. The number of hydrogen-bond donors (Lipinski definition) is 1. The van der Waals surface area contributed by atoms with E-state index in [0.29, 0.717) is 5.92 Å². The van der Waals surface area contributed by atoms with E-state index in [1.807, 2.05) is 0 Å². The van der Waals surface area contributed by atoms with E-state index in [1.54, 1.807) is 0 Å². The first-order valence-electron chi connectivity index (χ1n) is 6.55. The quantitative estimate of drug-likeness (QED) is 0.836. The minimum Gasteiger partial charge on any atom is -0.313 e. The highest BCUT2D eigenvalue weighted by molar-refractivity contribution is 5.86. The second-order valence-electron chi connectivity index (χ2n) is 5.15. The van der Waals surface area contributed by atoms with E-state index in [0.717, 1.165) is 12.6 Å². The maximum atomic E-state index is 3.62. The van der Waals surface area contributed by atoms with Gasteiger partial charge in [0.2, 0.25) is 0 Å². The molecule has 1 aliphatic rings. The third-order valence-corrected chi connectivity index (χ3v) is 3.64. The summed E-state index contributed by atoms with van der Waals surface area (Å²) < 4.78 is 0. The average Bonchev–Trinajstić information content (AvgIpc) is 3.19. The summed E-state index contributed by atoms with van der Waals surface area (Å²) in [6.07, 6.45) is 2.73. The Morgan fingerprint density at radius 2 is 1.88 bits per heavy atom. The Kier molecular flexibility index (Phi) is 2.86. The predicted molar refractivity (Wildman–Crippen MR) is 73.4 cm³/mol. The zero-order valence-electron chi connectivity index (χ0n) is 10.3. The fourth-order valence-corrected chi connectivity index (χ4v) is 2.42. The van der Waals surface area contributed by atoms with Crippen molar-refractivity contribution in [2.24, 2.45) is 0 Å². The minimum atomic E-state index is 0.585. The summed E-state index contributed by atoms with van der Waals surface area (Å²) >= 11 is 0. The van der Waals surface area contributed by atoms with Gasteiger partial charge in [-0.05, 0) is 35.1 Å². The molecule has 3 rings (SSSR count). The Morgan fingerprint density at radius 1 is 1.12 bits per heavy atom. The van der Waals surface area contributed by atoms with E-state index in [1.165, 1.54) is 29.2 Å². The predicted octanol–water partition coefficient (Wildman–Crippen LogP) is 3.70. The molecule has 0 saturated heterocycles. The van der Waals surface area contributed by atoms with Gasteiger partial charge in [-0.25, -0.2) is 0 Å². The lowest BCUT2D eigenvalue weighted by Crippen LogP contribution is -2.22. The van der Waals surface area contributed by atoms with Gasteiger partial charge in [0.15, 0.2) is 0 Å². The van der Waals surface area contributed by atoms with E-state index in [-0.39, 0.29) is 0 Å². The third-order valence-electron chi connectivity index (χ3n) is 3.64. The molecule has 0 radical (unpaired) electrons. The van der Waals surface area contributed by atoms with Crippen LogP contribution in [0.5, 0.6) is 0 Å². The van der Waals surface area contributed by atoms with Crippen LogP contribution in [0.2, 0.25) is 0 Å². The van der Waals surface area contributed by atoms with Crippen molar-refractivity contribution in [3.8, 4) is 0 Å². The van der Waals surface area contributed by atoms with Crippen LogP contribution >= 0.6 is 0 Å². The number of fused-ring (bicyclic) bond motifs is 1. The highest BCUT2D eigenvalue weighted by Crippen LogP contribution is 2.26. The fourth-order valence-electron chi connectivity index (χ4n) is 2.42. The van der Waals surface area contributed by atoms with Gasteiger partial charge in [-0.15, -0.1) is 0 Å². The van der Waals surface area contributed by atoms with Gasteiger partial charge in [-0.2, -0.15) is 0 Å². The van der Waals surface area contributed by atoms with E-state index in [4.69, 9.17) is 0 Å². The van der Waals surface area contributed by atoms with Crippen molar-refractivity contribution >= 4 is 10.8 Å². The van der Waals surface area contributed by atoms with Gasteiger partial charge in [0, 0.05) is 12.6 Å². The molecule has 2 aromatic carbocycles. The van der Waals surface area contributed by atoms with Crippen LogP contribution in [-0.4, -0.2) is 12.6 Å². The van der Waals surface area contributed by atoms with Gasteiger partial charge in [0.1, 0.15) is 0 Å². The number of benzene rings is 2. The SMILES string of the molecule is CC(CNC1CC1)c1cccc2ccccc12. The molecule has 0 bridgehead atoms. The fraction of sp³-hybridized carbons (Fsp3) is 0.375. The van der Waals surface area contributed by atoms with Crippen LogP contribution in [-0.2, 0) is 0 Å². The van der Waals surface area contributed by atoms with Crippen molar-refractivity contribution in [2.45, 2.75) is 31.7 Å². The Morgan fingerprint density at radius 3 is 2.71 bits per heavy atom. The number of rotatable bonds is 4. The summed E-state index contributed by atoms with van der Waals surface area (Å²) in [4.78, 5) is 0. The average molecular weight is 225 g/mol. The molecule has 1 heteroatoms. The van der Waals surface area contributed by atoms with Crippen LogP contribution in [0, 0.1) is 0 Å². The highest BCUT2D eigenvalue weighted by atomic mass is 14.9. The molecule has 1 atom stereocenters. The third kappa shape index (κ3) is 2.34. The molecule has 0 aromatic heterocycles. The molecule has 17 heavy (non-hydrogen) atoms. The summed E-state index contributed by atoms with van der Waals surface area (Å²) in [5, 5.41) is 6.37. The van der Waals surface area contributed by atoms with Crippen LogP contribution in [0.1, 0.15) is 31.2 Å². The molecule has 1 nitrogen and oxygen atoms in total. The Bertz CT molecular complexity index is 508. The monoisotopic (exact) mass is 225 g/mol. The molecule has 1 unspecified atom stereocenters. The zero-order valence-corrected chi connectivity index (χ0v) is 10.3. The maximum Gasteiger partial charge on any atom is 0.00684 e. The molecule has 0 aliphatic heterocycles. The Hall–Kier alpha value is -1.34. The number of nitrogens with one attached hydrogen (secondary N) is 1. The molecule has 1 aliphatic carbocycles. The van der Waals surface area contributed by atoms with Crippen molar-refractivity contribution in [1.29, 1.82) is 0 Å². The van der Waals surface area contributed by atoms with E-state index in [2.05, 4.69) is 54.7 Å². The first kappa shape index (κ1) is 10.8. The van der Waals surface area contributed by atoms with Gasteiger partial charge in [-0.1, -0.05) is 49.4 Å². The minimum absolute atomic E-state index is 0.585. The molecule has 1 fully saturated rings. The summed E-state index contributed by atoms with van der Waals surface area (Å²) in [5.41, 5.74) is 1.47. The van der Waals surface area contributed by atoms with Gasteiger partial charge in [-0.3, -0.25) is 0 Å². The van der Waals surface area contributed by atoms with Crippen molar-refractivity contribution in [2.75, 3.05) is 6.54 Å². The summed E-state index contributed by atoms with van der Waals surface area (Å²) in [7, 11) is 0. The standard InChI is InChI=1S/C16H19N/c1-12(11-17-14-9-10-14)15-8-4-6-13-5-2-3-7-16(13)15/h2-8,12,14,17H,9-11H2,1H3. The van der Waals surface area contributed by atoms with Crippen LogP contribution < -0.4 is 5.32 Å². The lowest BCUT2D eigenvalue weighted by Gasteiger charge is -2.15. The lowest BCUT2D eigenvalue weighted by atomic mass is 9.95. The van der Waals surface area contributed by atoms with E-state index >= 15 is 0 Å². The van der Waals surface area contributed by atoms with Crippen LogP contribution in [0.25, 0.3) is 10.8 Å². The van der Waals surface area contributed by atoms with Crippen LogP contribution in [0.4, 0.5) is 0 Å². The summed E-state index contributed by atoms with van der Waals surface area (Å²) in [5.74, 6) is 0.585. The number of hydrogen-bond acceptors (Lipinski definition) is 1. The normalized spacial score (nSPS) is 17.2. The molecule has 0 amide bonds. The first-order valence-corrected chi connectivity index (χ1v) is 6.55.